The van der Waals surface area contributed by atoms with E-state index in [2.05, 4.69) is 5.32 Å². The minimum absolute atomic E-state index is 0.0120. The fraction of sp³-hybridized carbons (Fsp3) is 0.125. The van der Waals surface area contributed by atoms with Crippen molar-refractivity contribution in [2.24, 2.45) is 0 Å². The third-order valence-corrected chi connectivity index (χ3v) is 3.24. The largest absolute Gasteiger partial charge is 0.482 e. The number of carbonyl (C=O) groups is 2. The number of ketones is 1. The minimum atomic E-state index is -0.566. The standard InChI is InChI=1S/C16H12FNO3/c1-9-2-4-12(17)11(6-9)16(20)10-3-5-14-13(7-10)18-15(19)8-21-14/h2-7H,8H2,1H3,(H,18,19). The van der Waals surface area contributed by atoms with Gasteiger partial charge in [-0.05, 0) is 37.3 Å². The first kappa shape index (κ1) is 13.3. The van der Waals surface area contributed by atoms with E-state index in [1.807, 2.05) is 0 Å². The van der Waals surface area contributed by atoms with Gasteiger partial charge in [-0.3, -0.25) is 9.59 Å². The molecular formula is C16H12FNO3. The number of ether oxygens (including phenoxy) is 1. The predicted octanol–water partition coefficient (Wildman–Crippen LogP) is 2.70. The van der Waals surface area contributed by atoms with E-state index in [0.717, 1.165) is 5.56 Å². The summed E-state index contributed by atoms with van der Waals surface area (Å²) in [6, 6.07) is 9.03. The Kier molecular flexibility index (Phi) is 3.17. The highest BCUT2D eigenvalue weighted by molar-refractivity contribution is 6.10. The van der Waals surface area contributed by atoms with E-state index >= 15 is 0 Å². The second-order valence-electron chi connectivity index (χ2n) is 4.86. The average molecular weight is 285 g/mol. The molecule has 3 rings (SSSR count). The SMILES string of the molecule is Cc1ccc(F)c(C(=O)c2ccc3c(c2)NC(=O)CO3)c1. The Morgan fingerprint density at radius 1 is 1.24 bits per heavy atom. The first-order chi connectivity index (χ1) is 10.0. The molecule has 1 N–H and O–H groups in total. The summed E-state index contributed by atoms with van der Waals surface area (Å²) in [5, 5.41) is 2.62. The molecule has 0 bridgehead atoms. The van der Waals surface area contributed by atoms with Crippen LogP contribution in [-0.4, -0.2) is 18.3 Å². The molecule has 2 aromatic carbocycles. The highest BCUT2D eigenvalue weighted by atomic mass is 19.1. The zero-order chi connectivity index (χ0) is 15.0. The Labute approximate surface area is 120 Å². The molecule has 2 aromatic rings. The molecular weight excluding hydrogens is 273 g/mol. The van der Waals surface area contributed by atoms with Crippen molar-refractivity contribution in [1.29, 1.82) is 0 Å². The summed E-state index contributed by atoms with van der Waals surface area (Å²) in [4.78, 5) is 23.7. The van der Waals surface area contributed by atoms with Crippen molar-refractivity contribution in [2.45, 2.75) is 6.92 Å². The molecule has 0 aliphatic carbocycles. The molecule has 0 saturated heterocycles. The normalized spacial score (nSPS) is 13.1. The molecule has 0 radical (unpaired) electrons. The van der Waals surface area contributed by atoms with Crippen molar-refractivity contribution in [3.63, 3.8) is 0 Å². The summed E-state index contributed by atoms with van der Waals surface area (Å²) >= 11 is 0. The molecule has 0 aromatic heterocycles. The number of rotatable bonds is 2. The monoisotopic (exact) mass is 285 g/mol. The van der Waals surface area contributed by atoms with Crippen LogP contribution in [0.5, 0.6) is 5.75 Å². The van der Waals surface area contributed by atoms with Gasteiger partial charge in [-0.15, -0.1) is 0 Å². The smallest absolute Gasteiger partial charge is 0.262 e. The van der Waals surface area contributed by atoms with Crippen LogP contribution in [0.25, 0.3) is 0 Å². The molecule has 0 saturated carbocycles. The summed E-state index contributed by atoms with van der Waals surface area (Å²) in [6.45, 7) is 1.74. The Hall–Kier alpha value is -2.69. The second-order valence-corrected chi connectivity index (χ2v) is 4.86. The molecule has 106 valence electrons. The number of hydrogen-bond donors (Lipinski definition) is 1. The lowest BCUT2D eigenvalue weighted by Gasteiger charge is -2.18. The van der Waals surface area contributed by atoms with Gasteiger partial charge >= 0.3 is 0 Å². The van der Waals surface area contributed by atoms with E-state index in [1.165, 1.54) is 18.2 Å². The number of benzene rings is 2. The van der Waals surface area contributed by atoms with Gasteiger partial charge in [0.1, 0.15) is 11.6 Å². The van der Waals surface area contributed by atoms with E-state index in [4.69, 9.17) is 4.74 Å². The number of amides is 1. The van der Waals surface area contributed by atoms with Crippen LogP contribution in [0.3, 0.4) is 0 Å². The topological polar surface area (TPSA) is 55.4 Å². The van der Waals surface area contributed by atoms with Crippen LogP contribution in [0.2, 0.25) is 0 Å². The van der Waals surface area contributed by atoms with Crippen LogP contribution >= 0.6 is 0 Å². The number of carbonyl (C=O) groups excluding carboxylic acids is 2. The molecule has 1 amide bonds. The van der Waals surface area contributed by atoms with Gasteiger partial charge in [0.25, 0.3) is 5.91 Å². The third-order valence-electron chi connectivity index (χ3n) is 3.24. The lowest BCUT2D eigenvalue weighted by atomic mass is 10.00. The Morgan fingerprint density at radius 2 is 2.05 bits per heavy atom. The van der Waals surface area contributed by atoms with E-state index in [1.54, 1.807) is 25.1 Å². The van der Waals surface area contributed by atoms with Gasteiger partial charge in [0.05, 0.1) is 11.3 Å². The van der Waals surface area contributed by atoms with E-state index in [-0.39, 0.29) is 18.1 Å². The average Bonchev–Trinajstić information content (AvgIpc) is 2.48. The summed E-state index contributed by atoms with van der Waals surface area (Å²) in [5.41, 5.74) is 1.53. The van der Waals surface area contributed by atoms with Crippen molar-refractivity contribution in [1.82, 2.24) is 0 Å². The van der Waals surface area contributed by atoms with Gasteiger partial charge in [-0.25, -0.2) is 4.39 Å². The third kappa shape index (κ3) is 2.50. The molecule has 5 heteroatoms. The minimum Gasteiger partial charge on any atom is -0.482 e. The first-order valence-electron chi connectivity index (χ1n) is 6.42. The maximum Gasteiger partial charge on any atom is 0.262 e. The van der Waals surface area contributed by atoms with Gasteiger partial charge in [-0.1, -0.05) is 11.6 Å². The lowest BCUT2D eigenvalue weighted by Crippen LogP contribution is -2.25. The van der Waals surface area contributed by atoms with Crippen molar-refractivity contribution < 1.29 is 18.7 Å². The Bertz CT molecular complexity index is 755. The fourth-order valence-corrected chi connectivity index (χ4v) is 2.19. The first-order valence-corrected chi connectivity index (χ1v) is 6.42. The summed E-state index contributed by atoms with van der Waals surface area (Å²) in [5.74, 6) is -0.785. The predicted molar refractivity (Wildman–Crippen MR) is 75.1 cm³/mol. The van der Waals surface area contributed by atoms with Crippen LogP contribution in [0.4, 0.5) is 10.1 Å². The van der Waals surface area contributed by atoms with Crippen LogP contribution in [0.15, 0.2) is 36.4 Å². The quantitative estimate of drug-likeness (QED) is 0.863. The number of fused-ring (bicyclic) bond motifs is 1. The number of anilines is 1. The van der Waals surface area contributed by atoms with E-state index in [0.29, 0.717) is 17.0 Å². The highest BCUT2D eigenvalue weighted by Gasteiger charge is 2.20. The van der Waals surface area contributed by atoms with Gasteiger partial charge < -0.3 is 10.1 Å². The fourth-order valence-electron chi connectivity index (χ4n) is 2.19. The molecule has 1 aliphatic heterocycles. The summed E-state index contributed by atoms with van der Waals surface area (Å²) in [7, 11) is 0. The molecule has 1 aliphatic rings. The lowest BCUT2D eigenvalue weighted by molar-refractivity contribution is -0.118. The Balaban J connectivity index is 2.00. The van der Waals surface area contributed by atoms with Crippen LogP contribution in [-0.2, 0) is 4.79 Å². The number of nitrogens with one attached hydrogen (secondary N) is 1. The zero-order valence-corrected chi connectivity index (χ0v) is 11.3. The molecule has 0 unspecified atom stereocenters. The number of aryl methyl sites for hydroxylation is 1. The molecule has 0 atom stereocenters. The van der Waals surface area contributed by atoms with Crippen LogP contribution < -0.4 is 10.1 Å². The molecule has 0 fully saturated rings. The second kappa shape index (κ2) is 5.01. The van der Waals surface area contributed by atoms with Gasteiger partial charge in [0.15, 0.2) is 12.4 Å². The Morgan fingerprint density at radius 3 is 2.86 bits per heavy atom. The van der Waals surface area contributed by atoms with E-state index in [9.17, 15) is 14.0 Å². The van der Waals surface area contributed by atoms with Crippen molar-refractivity contribution in [2.75, 3.05) is 11.9 Å². The number of halogens is 1. The van der Waals surface area contributed by atoms with Crippen molar-refractivity contribution >= 4 is 17.4 Å². The maximum atomic E-state index is 13.8. The molecule has 0 spiro atoms. The number of hydrogen-bond acceptors (Lipinski definition) is 3. The van der Waals surface area contributed by atoms with Gasteiger partial charge in [-0.2, -0.15) is 0 Å². The highest BCUT2D eigenvalue weighted by Crippen LogP contribution is 2.29. The van der Waals surface area contributed by atoms with Crippen molar-refractivity contribution in [3.05, 3.63) is 58.9 Å². The van der Waals surface area contributed by atoms with Crippen LogP contribution in [0, 0.1) is 12.7 Å². The van der Waals surface area contributed by atoms with Gasteiger partial charge in [0.2, 0.25) is 0 Å². The molecule has 1 heterocycles. The summed E-state index contributed by atoms with van der Waals surface area (Å²) in [6.07, 6.45) is 0. The van der Waals surface area contributed by atoms with Gasteiger partial charge in [0, 0.05) is 5.56 Å². The summed E-state index contributed by atoms with van der Waals surface area (Å²) < 4.78 is 19.0. The maximum absolute atomic E-state index is 13.8. The van der Waals surface area contributed by atoms with Crippen LogP contribution in [0.1, 0.15) is 21.5 Å². The van der Waals surface area contributed by atoms with E-state index < -0.39 is 11.6 Å². The zero-order valence-electron chi connectivity index (χ0n) is 11.3. The van der Waals surface area contributed by atoms with Crippen molar-refractivity contribution in [3.8, 4) is 5.75 Å². The molecule has 21 heavy (non-hydrogen) atoms. The molecule has 4 nitrogen and oxygen atoms in total.